The maximum atomic E-state index is 3.09. The van der Waals surface area contributed by atoms with Crippen LogP contribution in [0.1, 0.15) is 0 Å². The number of fused-ring (bicyclic) bond motifs is 1. The highest BCUT2D eigenvalue weighted by molar-refractivity contribution is 7.16. The van der Waals surface area contributed by atoms with Crippen LogP contribution in [0.25, 0.3) is 10.2 Å². The van der Waals surface area contributed by atoms with E-state index in [1.165, 1.54) is 10.2 Å². The second-order valence-corrected chi connectivity index (χ2v) is 2.48. The summed E-state index contributed by atoms with van der Waals surface area (Å²) in [6.45, 7) is 0. The highest BCUT2D eigenvalue weighted by atomic mass is 32.1. The first-order valence-corrected chi connectivity index (χ1v) is 3.27. The molecule has 0 fully saturated rings. The van der Waals surface area contributed by atoms with Gasteiger partial charge in [-0.2, -0.15) is 0 Å². The van der Waals surface area contributed by atoms with Crippen molar-refractivity contribution in [3.8, 4) is 0 Å². The van der Waals surface area contributed by atoms with Crippen LogP contribution >= 0.6 is 11.3 Å². The van der Waals surface area contributed by atoms with Crippen LogP contribution < -0.4 is 0 Å². The number of H-pyrrole nitrogens is 1. The number of thiophene rings is 1. The molecule has 0 bridgehead atoms. The lowest BCUT2D eigenvalue weighted by atomic mass is 10.4. The van der Waals surface area contributed by atoms with Gasteiger partial charge in [-0.3, -0.25) is 0 Å². The zero-order valence-corrected chi connectivity index (χ0v) is 4.96. The predicted octanol–water partition coefficient (Wildman–Crippen LogP) is 2.03. The van der Waals surface area contributed by atoms with Crippen LogP contribution in [0.15, 0.2) is 17.6 Å². The molecular weight excluding hydrogens is 118 g/mol. The number of rotatable bonds is 0. The minimum atomic E-state index is 1.19. The van der Waals surface area contributed by atoms with Crippen molar-refractivity contribution in [1.82, 2.24) is 4.98 Å². The Morgan fingerprint density at radius 1 is 1.62 bits per heavy atom. The minimum Gasteiger partial charge on any atom is -0.353 e. The molecule has 0 aliphatic rings. The Kier molecular flexibility index (Phi) is 0.704. The highest BCUT2D eigenvalue weighted by Gasteiger charge is 1.90. The molecule has 0 saturated heterocycles. The van der Waals surface area contributed by atoms with Crippen molar-refractivity contribution in [2.24, 2.45) is 0 Å². The van der Waals surface area contributed by atoms with E-state index >= 15 is 0 Å². The summed E-state index contributed by atoms with van der Waals surface area (Å²) in [5, 5.41) is 3.15. The zero-order valence-electron chi connectivity index (χ0n) is 4.14. The topological polar surface area (TPSA) is 15.8 Å². The van der Waals surface area contributed by atoms with Gasteiger partial charge in [0.05, 0.1) is 0 Å². The van der Waals surface area contributed by atoms with Crippen molar-refractivity contribution in [3.05, 3.63) is 23.7 Å². The van der Waals surface area contributed by atoms with Gasteiger partial charge in [0.15, 0.2) is 0 Å². The van der Waals surface area contributed by atoms with E-state index in [1.54, 1.807) is 11.3 Å². The van der Waals surface area contributed by atoms with Gasteiger partial charge >= 0.3 is 0 Å². The van der Waals surface area contributed by atoms with Gasteiger partial charge < -0.3 is 4.98 Å². The number of hydrogen-bond acceptors (Lipinski definition) is 1. The van der Waals surface area contributed by atoms with Crippen LogP contribution in [0, 0.1) is 6.07 Å². The predicted molar refractivity (Wildman–Crippen MR) is 35.0 cm³/mol. The number of aromatic nitrogens is 1. The fraction of sp³-hybridized carbons (Fsp3) is 0. The monoisotopic (exact) mass is 122 g/mol. The van der Waals surface area contributed by atoms with Gasteiger partial charge in [0.25, 0.3) is 0 Å². The van der Waals surface area contributed by atoms with Crippen molar-refractivity contribution in [2.45, 2.75) is 0 Å². The fourth-order valence-electron chi connectivity index (χ4n) is 0.717. The van der Waals surface area contributed by atoms with E-state index < -0.39 is 0 Å². The number of nitrogens with one attached hydrogen (secondary N) is 1. The lowest BCUT2D eigenvalue weighted by Crippen LogP contribution is -1.46. The largest absolute Gasteiger partial charge is 0.353 e. The van der Waals surface area contributed by atoms with Gasteiger partial charge in [-0.05, 0) is 6.07 Å². The Labute approximate surface area is 51.0 Å². The van der Waals surface area contributed by atoms with Gasteiger partial charge in [0.1, 0.15) is 4.83 Å². The molecule has 8 heavy (non-hydrogen) atoms. The molecule has 0 amide bonds. The summed E-state index contributed by atoms with van der Waals surface area (Å²) in [5.74, 6) is 0. The van der Waals surface area contributed by atoms with Gasteiger partial charge in [0.2, 0.25) is 0 Å². The van der Waals surface area contributed by atoms with Crippen molar-refractivity contribution in [1.29, 1.82) is 0 Å². The third-order valence-electron chi connectivity index (χ3n) is 1.10. The fourth-order valence-corrected chi connectivity index (χ4v) is 1.41. The smallest absolute Gasteiger partial charge is 0.100 e. The van der Waals surface area contributed by atoms with Crippen LogP contribution in [-0.4, -0.2) is 4.98 Å². The minimum absolute atomic E-state index is 1.19. The maximum absolute atomic E-state index is 3.09. The molecule has 1 nitrogen and oxygen atoms in total. The Morgan fingerprint density at radius 3 is 3.50 bits per heavy atom. The zero-order chi connectivity index (χ0) is 5.40. The molecule has 0 aliphatic heterocycles. The molecule has 39 valence electrons. The molecule has 2 heterocycles. The number of hydrogen-bond donors (Lipinski definition) is 1. The maximum Gasteiger partial charge on any atom is 0.100 e. The van der Waals surface area contributed by atoms with Crippen LogP contribution in [-0.2, 0) is 0 Å². The molecule has 0 aliphatic carbocycles. The highest BCUT2D eigenvalue weighted by Crippen LogP contribution is 2.16. The second kappa shape index (κ2) is 1.36. The summed E-state index contributed by atoms with van der Waals surface area (Å²) in [6.07, 6.45) is 1.93. The molecule has 1 radical (unpaired) electrons. The lowest BCUT2D eigenvalue weighted by molar-refractivity contribution is 1.51. The van der Waals surface area contributed by atoms with E-state index in [4.69, 9.17) is 0 Å². The lowest BCUT2D eigenvalue weighted by Gasteiger charge is -1.66. The molecule has 1 N–H and O–H groups in total. The first kappa shape index (κ1) is 4.15. The molecule has 0 atom stereocenters. The molecule has 0 spiro atoms. The Bertz CT molecular complexity index is 230. The second-order valence-electron chi connectivity index (χ2n) is 1.60. The molecule has 0 unspecified atom stereocenters. The van der Waals surface area contributed by atoms with Crippen LogP contribution in [0.2, 0.25) is 0 Å². The van der Waals surface area contributed by atoms with E-state index in [2.05, 4.69) is 11.1 Å². The first-order valence-electron chi connectivity index (χ1n) is 2.39. The summed E-state index contributed by atoms with van der Waals surface area (Å²) in [7, 11) is 0. The van der Waals surface area contributed by atoms with Gasteiger partial charge in [-0.15, -0.1) is 11.3 Å². The average Bonchev–Trinajstić information content (AvgIpc) is 2.15. The Balaban J connectivity index is 3.06. The summed E-state index contributed by atoms with van der Waals surface area (Å²) < 4.78 is 0. The summed E-state index contributed by atoms with van der Waals surface area (Å²) >= 11 is 1.68. The Hall–Kier alpha value is -0.760. The van der Waals surface area contributed by atoms with Crippen LogP contribution in [0.4, 0.5) is 0 Å². The van der Waals surface area contributed by atoms with Crippen LogP contribution in [0.5, 0.6) is 0 Å². The summed E-state index contributed by atoms with van der Waals surface area (Å²) in [4.78, 5) is 4.30. The van der Waals surface area contributed by atoms with E-state index in [0.717, 1.165) is 0 Å². The van der Waals surface area contributed by atoms with Crippen molar-refractivity contribution >= 4 is 21.6 Å². The quantitative estimate of drug-likeness (QED) is 0.550. The normalized spacial score (nSPS) is 10.5. The van der Waals surface area contributed by atoms with E-state index in [0.29, 0.717) is 0 Å². The Morgan fingerprint density at radius 2 is 2.62 bits per heavy atom. The molecule has 0 saturated carbocycles. The molecule has 2 heteroatoms. The molecule has 2 rings (SSSR count). The summed E-state index contributed by atoms with van der Waals surface area (Å²) in [5.41, 5.74) is 0. The number of aromatic amines is 1. The molecule has 2 aromatic rings. The summed E-state index contributed by atoms with van der Waals surface area (Å²) in [6, 6.07) is 5.11. The first-order chi connectivity index (χ1) is 3.97. The van der Waals surface area contributed by atoms with Crippen LogP contribution in [0.3, 0.4) is 0 Å². The van der Waals surface area contributed by atoms with Gasteiger partial charge in [-0.25, -0.2) is 0 Å². The molecule has 0 aromatic carbocycles. The SMILES string of the molecule is [c]1csc2[nH]ccc12. The van der Waals surface area contributed by atoms with Gasteiger partial charge in [-0.1, -0.05) is 0 Å². The standard InChI is InChI=1S/C6H4NS/c1-3-7-6-5(1)2-4-8-6/h1,3-4,7H. The van der Waals surface area contributed by atoms with Crippen molar-refractivity contribution in [2.75, 3.05) is 0 Å². The van der Waals surface area contributed by atoms with E-state index in [-0.39, 0.29) is 0 Å². The average molecular weight is 122 g/mol. The third-order valence-corrected chi connectivity index (χ3v) is 1.91. The third kappa shape index (κ3) is 0.406. The molecular formula is C6H4NS. The van der Waals surface area contributed by atoms with Gasteiger partial charge in [0, 0.05) is 23.0 Å². The van der Waals surface area contributed by atoms with E-state index in [9.17, 15) is 0 Å². The van der Waals surface area contributed by atoms with E-state index in [1.807, 2.05) is 17.6 Å². The molecule has 2 aromatic heterocycles. The van der Waals surface area contributed by atoms with Crippen molar-refractivity contribution < 1.29 is 0 Å². The van der Waals surface area contributed by atoms with Crippen molar-refractivity contribution in [3.63, 3.8) is 0 Å².